The Kier molecular flexibility index (Phi) is 5.50. The van der Waals surface area contributed by atoms with Crippen LogP contribution in [0.5, 0.6) is 0 Å². The maximum Gasteiger partial charge on any atom is 0.253 e. The van der Waals surface area contributed by atoms with Gasteiger partial charge in [-0.15, -0.1) is 0 Å². The number of fused-ring (bicyclic) bond motifs is 1. The van der Waals surface area contributed by atoms with Crippen LogP contribution in [0.3, 0.4) is 0 Å². The molecule has 1 aromatic heterocycles. The number of nitrogens with zero attached hydrogens (tertiary/aromatic N) is 1. The third-order valence-electron chi connectivity index (χ3n) is 4.51. The summed E-state index contributed by atoms with van der Waals surface area (Å²) < 4.78 is 10.6. The van der Waals surface area contributed by atoms with Gasteiger partial charge in [0.1, 0.15) is 6.61 Å². The van der Waals surface area contributed by atoms with Gasteiger partial charge in [-0.1, -0.05) is 12.1 Å². The first-order chi connectivity index (χ1) is 12.1. The number of aryl methyl sites for hydroxylation is 1. The summed E-state index contributed by atoms with van der Waals surface area (Å²) in [6, 6.07) is 7.78. The summed E-state index contributed by atoms with van der Waals surface area (Å²) in [5.41, 5.74) is 2.30. The summed E-state index contributed by atoms with van der Waals surface area (Å²) in [5, 5.41) is 0.955. The number of aromatic amines is 1. The van der Waals surface area contributed by atoms with Crippen LogP contribution in [0.25, 0.3) is 10.9 Å². The molecule has 134 valence electrons. The van der Waals surface area contributed by atoms with Crippen molar-refractivity contribution in [3.8, 4) is 0 Å². The first-order valence-electron chi connectivity index (χ1n) is 8.57. The van der Waals surface area contributed by atoms with Gasteiger partial charge >= 0.3 is 0 Å². The van der Waals surface area contributed by atoms with Gasteiger partial charge in [-0.3, -0.25) is 9.59 Å². The van der Waals surface area contributed by atoms with E-state index in [1.807, 2.05) is 31.2 Å². The largest absolute Gasteiger partial charge is 0.376 e. The van der Waals surface area contributed by atoms with Gasteiger partial charge in [0.15, 0.2) is 0 Å². The normalized spacial score (nSPS) is 17.1. The van der Waals surface area contributed by atoms with Gasteiger partial charge in [0.25, 0.3) is 5.56 Å². The predicted octanol–water partition coefficient (Wildman–Crippen LogP) is 1.99. The highest BCUT2D eigenvalue weighted by Gasteiger charge is 2.23. The van der Waals surface area contributed by atoms with E-state index >= 15 is 0 Å². The smallest absolute Gasteiger partial charge is 0.253 e. The lowest BCUT2D eigenvalue weighted by Crippen LogP contribution is -2.40. The van der Waals surface area contributed by atoms with Crippen LogP contribution in [-0.2, 0) is 20.8 Å². The van der Waals surface area contributed by atoms with Gasteiger partial charge in [0.2, 0.25) is 5.91 Å². The Hall–Kier alpha value is -2.18. The molecule has 1 aromatic carbocycles. The van der Waals surface area contributed by atoms with Crippen molar-refractivity contribution in [1.82, 2.24) is 9.88 Å². The number of carbonyl (C=O) groups excluding carboxylic acids is 1. The Morgan fingerprint density at radius 1 is 1.40 bits per heavy atom. The fourth-order valence-corrected chi connectivity index (χ4v) is 3.19. The monoisotopic (exact) mass is 344 g/mol. The summed E-state index contributed by atoms with van der Waals surface area (Å²) in [6.07, 6.45) is 1.97. The predicted molar refractivity (Wildman–Crippen MR) is 95.6 cm³/mol. The lowest BCUT2D eigenvalue weighted by atomic mass is 10.1. The van der Waals surface area contributed by atoms with Crippen LogP contribution in [0.15, 0.2) is 29.1 Å². The molecule has 2 aromatic rings. The Labute approximate surface area is 146 Å². The van der Waals surface area contributed by atoms with Crippen molar-refractivity contribution >= 4 is 16.8 Å². The molecular weight excluding hydrogens is 320 g/mol. The molecule has 1 saturated heterocycles. The van der Waals surface area contributed by atoms with E-state index in [0.29, 0.717) is 12.1 Å². The lowest BCUT2D eigenvalue weighted by molar-refractivity contribution is -0.137. The quantitative estimate of drug-likeness (QED) is 0.870. The summed E-state index contributed by atoms with van der Waals surface area (Å²) in [7, 11) is 1.49. The standard InChI is InChI=1S/C19H24N2O4/c1-13-5-6-14-9-15(19(23)20-17(14)8-13)10-21(18(22)12-24-2)11-16-4-3-7-25-16/h5-6,8-9,16H,3-4,7,10-12H2,1-2H3,(H,20,23)/t16-/m1/s1. The molecule has 0 radical (unpaired) electrons. The third kappa shape index (κ3) is 4.27. The SMILES string of the molecule is COCC(=O)N(Cc1cc2ccc(C)cc2[nH]c1=O)C[C@H]1CCCO1. The topological polar surface area (TPSA) is 71.6 Å². The number of hydrogen-bond acceptors (Lipinski definition) is 4. The molecule has 1 aliphatic heterocycles. The van der Waals surface area contributed by atoms with Gasteiger partial charge in [-0.25, -0.2) is 0 Å². The molecule has 2 heterocycles. The molecule has 0 aliphatic carbocycles. The zero-order chi connectivity index (χ0) is 17.8. The molecule has 1 fully saturated rings. The number of benzene rings is 1. The van der Waals surface area contributed by atoms with Crippen molar-refractivity contribution in [2.75, 3.05) is 26.9 Å². The summed E-state index contributed by atoms with van der Waals surface area (Å²) in [4.78, 5) is 29.4. The Morgan fingerprint density at radius 2 is 2.24 bits per heavy atom. The highest BCUT2D eigenvalue weighted by atomic mass is 16.5. The maximum absolute atomic E-state index is 12.4. The van der Waals surface area contributed by atoms with E-state index in [2.05, 4.69) is 4.98 Å². The van der Waals surface area contributed by atoms with E-state index in [-0.39, 0.29) is 30.7 Å². The van der Waals surface area contributed by atoms with Crippen molar-refractivity contribution in [2.45, 2.75) is 32.4 Å². The number of aromatic nitrogens is 1. The summed E-state index contributed by atoms with van der Waals surface area (Å²) in [6.45, 7) is 3.44. The van der Waals surface area contributed by atoms with Gasteiger partial charge in [-0.2, -0.15) is 0 Å². The van der Waals surface area contributed by atoms with E-state index in [0.717, 1.165) is 35.9 Å². The number of nitrogens with one attached hydrogen (secondary N) is 1. The van der Waals surface area contributed by atoms with Gasteiger partial charge in [-0.05, 0) is 42.8 Å². The van der Waals surface area contributed by atoms with Crippen LogP contribution in [0, 0.1) is 6.92 Å². The third-order valence-corrected chi connectivity index (χ3v) is 4.51. The minimum atomic E-state index is -0.166. The molecule has 1 atom stereocenters. The number of amides is 1. The second-order valence-electron chi connectivity index (χ2n) is 6.56. The van der Waals surface area contributed by atoms with Crippen LogP contribution in [0.2, 0.25) is 0 Å². The number of H-pyrrole nitrogens is 1. The molecule has 3 rings (SSSR count). The average molecular weight is 344 g/mol. The van der Waals surface area contributed by atoms with Crippen LogP contribution < -0.4 is 5.56 Å². The van der Waals surface area contributed by atoms with E-state index in [4.69, 9.17) is 9.47 Å². The number of ether oxygens (including phenoxy) is 2. The van der Waals surface area contributed by atoms with E-state index in [1.54, 1.807) is 4.90 Å². The Bertz CT molecular complexity index is 809. The van der Waals surface area contributed by atoms with Gasteiger partial charge in [0, 0.05) is 31.3 Å². The molecule has 0 saturated carbocycles. The molecule has 0 bridgehead atoms. The molecule has 0 spiro atoms. The number of rotatable bonds is 6. The number of hydrogen-bond donors (Lipinski definition) is 1. The van der Waals surface area contributed by atoms with Crippen LogP contribution in [0.4, 0.5) is 0 Å². The molecule has 1 amide bonds. The van der Waals surface area contributed by atoms with Crippen molar-refractivity contribution < 1.29 is 14.3 Å². The van der Waals surface area contributed by atoms with Gasteiger partial charge < -0.3 is 19.4 Å². The number of carbonyl (C=O) groups is 1. The zero-order valence-electron chi connectivity index (χ0n) is 14.7. The van der Waals surface area contributed by atoms with Crippen molar-refractivity contribution in [3.05, 3.63) is 45.7 Å². The Balaban J connectivity index is 1.85. The highest BCUT2D eigenvalue weighted by Crippen LogP contribution is 2.17. The van der Waals surface area contributed by atoms with Gasteiger partial charge in [0.05, 0.1) is 12.6 Å². The number of methoxy groups -OCH3 is 1. The Morgan fingerprint density at radius 3 is 2.96 bits per heavy atom. The van der Waals surface area contributed by atoms with Crippen molar-refractivity contribution in [1.29, 1.82) is 0 Å². The molecule has 0 unspecified atom stereocenters. The van der Waals surface area contributed by atoms with Crippen molar-refractivity contribution in [2.24, 2.45) is 0 Å². The fraction of sp³-hybridized carbons (Fsp3) is 0.474. The highest BCUT2D eigenvalue weighted by molar-refractivity contribution is 5.80. The average Bonchev–Trinajstić information content (AvgIpc) is 3.08. The first kappa shape index (κ1) is 17.6. The second kappa shape index (κ2) is 7.80. The molecule has 6 nitrogen and oxygen atoms in total. The molecular formula is C19H24N2O4. The van der Waals surface area contributed by atoms with Crippen LogP contribution in [0.1, 0.15) is 24.0 Å². The minimum absolute atomic E-state index is 0.00258. The summed E-state index contributed by atoms with van der Waals surface area (Å²) >= 11 is 0. The first-order valence-corrected chi connectivity index (χ1v) is 8.57. The van der Waals surface area contributed by atoms with E-state index < -0.39 is 0 Å². The molecule has 1 N–H and O–H groups in total. The second-order valence-corrected chi connectivity index (χ2v) is 6.56. The fourth-order valence-electron chi connectivity index (χ4n) is 3.19. The molecule has 1 aliphatic rings. The van der Waals surface area contributed by atoms with Crippen LogP contribution >= 0.6 is 0 Å². The molecule has 6 heteroatoms. The number of pyridine rings is 1. The molecule has 25 heavy (non-hydrogen) atoms. The van der Waals surface area contributed by atoms with Crippen LogP contribution in [-0.4, -0.2) is 48.8 Å². The lowest BCUT2D eigenvalue weighted by Gasteiger charge is -2.25. The van der Waals surface area contributed by atoms with E-state index in [9.17, 15) is 9.59 Å². The van der Waals surface area contributed by atoms with Crippen molar-refractivity contribution in [3.63, 3.8) is 0 Å². The zero-order valence-corrected chi connectivity index (χ0v) is 14.7. The maximum atomic E-state index is 12.4. The van der Waals surface area contributed by atoms with E-state index in [1.165, 1.54) is 7.11 Å². The minimum Gasteiger partial charge on any atom is -0.376 e. The summed E-state index contributed by atoms with van der Waals surface area (Å²) in [5.74, 6) is -0.138.